The lowest BCUT2D eigenvalue weighted by Gasteiger charge is -2.41. The van der Waals surface area contributed by atoms with Gasteiger partial charge >= 0.3 is 0 Å². The van der Waals surface area contributed by atoms with E-state index in [1.165, 1.54) is 37.4 Å². The predicted molar refractivity (Wildman–Crippen MR) is 54.5 cm³/mol. The van der Waals surface area contributed by atoms with Crippen molar-refractivity contribution in [2.24, 2.45) is 11.7 Å². The van der Waals surface area contributed by atoms with Gasteiger partial charge in [0.2, 0.25) is 0 Å². The average molecular weight is 186 g/mol. The largest absolute Gasteiger partial charge is 0.330 e. The number of piperidine rings is 1. The Morgan fingerprint density at radius 1 is 1.42 bits per heavy atom. The lowest BCUT2D eigenvalue weighted by atomic mass is 9.91. The summed E-state index contributed by atoms with van der Waals surface area (Å²) < 4.78 is 0. The summed E-state index contributed by atoms with van der Waals surface area (Å²) in [4.78, 5) is 2.66. The summed E-state index contributed by atoms with van der Waals surface area (Å²) in [5, 5.41) is 0. The van der Waals surface area contributed by atoms with Crippen molar-refractivity contribution in [1.29, 1.82) is 0 Å². The van der Waals surface area contributed by atoms with Crippen LogP contribution >= 0.6 is 11.8 Å². The van der Waals surface area contributed by atoms with Crippen molar-refractivity contribution in [3.8, 4) is 0 Å². The van der Waals surface area contributed by atoms with Crippen LogP contribution in [0.2, 0.25) is 0 Å². The van der Waals surface area contributed by atoms with E-state index >= 15 is 0 Å². The zero-order valence-corrected chi connectivity index (χ0v) is 8.35. The molecule has 12 heavy (non-hydrogen) atoms. The van der Waals surface area contributed by atoms with Gasteiger partial charge in [0, 0.05) is 24.1 Å². The van der Waals surface area contributed by atoms with Crippen LogP contribution < -0.4 is 5.73 Å². The number of nitrogens with zero attached hydrogens (tertiary/aromatic N) is 1. The molecule has 0 aromatic carbocycles. The average Bonchev–Trinajstić information content (AvgIpc) is 2.17. The van der Waals surface area contributed by atoms with Gasteiger partial charge in [-0.05, 0) is 31.8 Å². The Kier molecular flexibility index (Phi) is 2.94. The molecule has 2 N–H and O–H groups in total. The zero-order chi connectivity index (χ0) is 8.39. The maximum Gasteiger partial charge on any atom is 0.0189 e. The standard InChI is InChI=1S/C9H18N2S/c10-6-8-1-2-11-3-4-12-7-9(11)5-8/h8-9H,1-7,10H2. The maximum absolute atomic E-state index is 5.70. The van der Waals surface area contributed by atoms with Gasteiger partial charge < -0.3 is 5.73 Å². The van der Waals surface area contributed by atoms with Gasteiger partial charge in [-0.3, -0.25) is 4.90 Å². The molecule has 0 radical (unpaired) electrons. The Hall–Kier alpha value is 0.270. The molecule has 0 spiro atoms. The lowest BCUT2D eigenvalue weighted by Crippen LogP contribution is -2.48. The summed E-state index contributed by atoms with van der Waals surface area (Å²) in [6.07, 6.45) is 2.68. The Balaban J connectivity index is 1.90. The Morgan fingerprint density at radius 3 is 3.17 bits per heavy atom. The highest BCUT2D eigenvalue weighted by molar-refractivity contribution is 7.99. The first kappa shape index (κ1) is 8.85. The van der Waals surface area contributed by atoms with Crippen LogP contribution in [0.4, 0.5) is 0 Å². The molecular formula is C9H18N2S. The normalized spacial score (nSPS) is 37.8. The van der Waals surface area contributed by atoms with E-state index in [4.69, 9.17) is 5.73 Å². The van der Waals surface area contributed by atoms with E-state index in [1.54, 1.807) is 0 Å². The fraction of sp³-hybridized carbons (Fsp3) is 1.00. The van der Waals surface area contributed by atoms with Gasteiger partial charge in [-0.1, -0.05) is 0 Å². The van der Waals surface area contributed by atoms with E-state index in [1.807, 2.05) is 0 Å². The van der Waals surface area contributed by atoms with Crippen molar-refractivity contribution < 1.29 is 0 Å². The third-order valence-electron chi connectivity index (χ3n) is 3.11. The second-order valence-electron chi connectivity index (χ2n) is 3.89. The molecule has 70 valence electrons. The lowest BCUT2D eigenvalue weighted by molar-refractivity contribution is 0.132. The fourth-order valence-electron chi connectivity index (χ4n) is 2.27. The summed E-state index contributed by atoms with van der Waals surface area (Å²) in [6.45, 7) is 3.51. The van der Waals surface area contributed by atoms with Gasteiger partial charge in [-0.25, -0.2) is 0 Å². The molecule has 0 amide bonds. The van der Waals surface area contributed by atoms with E-state index in [9.17, 15) is 0 Å². The number of hydrogen-bond acceptors (Lipinski definition) is 3. The number of thioether (sulfide) groups is 1. The highest BCUT2D eigenvalue weighted by atomic mass is 32.2. The minimum atomic E-state index is 0.810. The van der Waals surface area contributed by atoms with Crippen molar-refractivity contribution in [3.63, 3.8) is 0 Å². The minimum Gasteiger partial charge on any atom is -0.330 e. The number of rotatable bonds is 1. The minimum absolute atomic E-state index is 0.810. The van der Waals surface area contributed by atoms with E-state index in [0.717, 1.165) is 18.5 Å². The number of nitrogens with two attached hydrogens (primary N) is 1. The zero-order valence-electron chi connectivity index (χ0n) is 7.54. The summed E-state index contributed by atoms with van der Waals surface area (Å²) in [5.41, 5.74) is 5.70. The maximum atomic E-state index is 5.70. The molecule has 0 saturated carbocycles. The van der Waals surface area contributed by atoms with Crippen molar-refractivity contribution >= 4 is 11.8 Å². The van der Waals surface area contributed by atoms with Crippen LogP contribution in [0.3, 0.4) is 0 Å². The highest BCUT2D eigenvalue weighted by Crippen LogP contribution is 2.27. The first-order valence-electron chi connectivity index (χ1n) is 4.92. The van der Waals surface area contributed by atoms with Crippen LogP contribution in [0.1, 0.15) is 12.8 Å². The molecule has 2 saturated heterocycles. The van der Waals surface area contributed by atoms with Crippen molar-refractivity contribution in [1.82, 2.24) is 4.90 Å². The Morgan fingerprint density at radius 2 is 2.33 bits per heavy atom. The summed E-state index contributed by atoms with van der Waals surface area (Å²) in [5.74, 6) is 3.49. The molecule has 2 rings (SSSR count). The fourth-order valence-corrected chi connectivity index (χ4v) is 3.41. The summed E-state index contributed by atoms with van der Waals surface area (Å²) >= 11 is 2.11. The van der Waals surface area contributed by atoms with E-state index in [0.29, 0.717) is 0 Å². The molecule has 0 aromatic rings. The molecule has 2 unspecified atom stereocenters. The van der Waals surface area contributed by atoms with Gasteiger partial charge in [-0.2, -0.15) is 11.8 Å². The van der Waals surface area contributed by atoms with Gasteiger partial charge in [0.1, 0.15) is 0 Å². The van der Waals surface area contributed by atoms with Crippen molar-refractivity contribution in [2.45, 2.75) is 18.9 Å². The van der Waals surface area contributed by atoms with Gasteiger partial charge in [0.15, 0.2) is 0 Å². The highest BCUT2D eigenvalue weighted by Gasteiger charge is 2.29. The van der Waals surface area contributed by atoms with E-state index < -0.39 is 0 Å². The van der Waals surface area contributed by atoms with Crippen LogP contribution in [-0.4, -0.2) is 42.1 Å². The second-order valence-corrected chi connectivity index (χ2v) is 5.04. The van der Waals surface area contributed by atoms with Crippen LogP contribution in [0, 0.1) is 5.92 Å². The van der Waals surface area contributed by atoms with Crippen LogP contribution in [-0.2, 0) is 0 Å². The summed E-state index contributed by atoms with van der Waals surface area (Å²) in [6, 6.07) is 0.853. The third-order valence-corrected chi connectivity index (χ3v) is 4.20. The molecule has 2 nitrogen and oxygen atoms in total. The predicted octanol–water partition coefficient (Wildman–Crippen LogP) is 0.773. The van der Waals surface area contributed by atoms with Crippen LogP contribution in [0.25, 0.3) is 0 Å². The third kappa shape index (κ3) is 1.78. The monoisotopic (exact) mass is 186 g/mol. The molecule has 0 bridgehead atoms. The quantitative estimate of drug-likeness (QED) is 0.656. The van der Waals surface area contributed by atoms with Crippen LogP contribution in [0.15, 0.2) is 0 Å². The van der Waals surface area contributed by atoms with Crippen molar-refractivity contribution in [2.75, 3.05) is 31.1 Å². The molecule has 0 aliphatic carbocycles. The van der Waals surface area contributed by atoms with Gasteiger partial charge in [0.25, 0.3) is 0 Å². The number of fused-ring (bicyclic) bond motifs is 1. The van der Waals surface area contributed by atoms with Crippen molar-refractivity contribution in [3.05, 3.63) is 0 Å². The number of hydrogen-bond donors (Lipinski definition) is 1. The van der Waals surface area contributed by atoms with Crippen LogP contribution in [0.5, 0.6) is 0 Å². The Labute approximate surface area is 78.9 Å². The smallest absolute Gasteiger partial charge is 0.0189 e. The molecule has 2 atom stereocenters. The van der Waals surface area contributed by atoms with E-state index in [2.05, 4.69) is 16.7 Å². The topological polar surface area (TPSA) is 29.3 Å². The van der Waals surface area contributed by atoms with E-state index in [-0.39, 0.29) is 0 Å². The molecule has 2 fully saturated rings. The molecule has 3 heteroatoms. The molecule has 2 aliphatic heterocycles. The van der Waals surface area contributed by atoms with Gasteiger partial charge in [-0.15, -0.1) is 0 Å². The second kappa shape index (κ2) is 3.99. The summed E-state index contributed by atoms with van der Waals surface area (Å²) in [7, 11) is 0. The first-order valence-corrected chi connectivity index (χ1v) is 6.07. The van der Waals surface area contributed by atoms with Gasteiger partial charge in [0.05, 0.1) is 0 Å². The molecule has 2 heterocycles. The Bertz CT molecular complexity index is 151. The molecule has 0 aromatic heterocycles. The molecular weight excluding hydrogens is 168 g/mol. The first-order chi connectivity index (χ1) is 5.90. The SMILES string of the molecule is NCC1CCN2CCSCC2C1. The molecule has 2 aliphatic rings.